The zero-order valence-corrected chi connectivity index (χ0v) is 11.6. The van der Waals surface area contributed by atoms with Gasteiger partial charge in [0, 0.05) is 11.7 Å². The average molecular weight is 264 g/mol. The number of amides is 1. The molecule has 0 aliphatic rings. The fourth-order valence-corrected chi connectivity index (χ4v) is 1.98. The van der Waals surface area contributed by atoms with Crippen molar-refractivity contribution in [1.29, 1.82) is 0 Å². The standard InChI is InChI=1S/C14H20N2O3/c1-4-14(5-2,6-3)16-12(17)10-7-8-11(13(18)19)15-9-10/h7-9H,4-6H2,1-3H3,(H,16,17)(H,18,19). The van der Waals surface area contributed by atoms with Gasteiger partial charge >= 0.3 is 5.97 Å². The number of carboxylic acids is 1. The molecule has 5 nitrogen and oxygen atoms in total. The van der Waals surface area contributed by atoms with E-state index in [1.54, 1.807) is 0 Å². The molecule has 1 aromatic heterocycles. The Bertz CT molecular complexity index is 442. The molecule has 0 atom stereocenters. The minimum Gasteiger partial charge on any atom is -0.477 e. The first kappa shape index (κ1) is 15.1. The quantitative estimate of drug-likeness (QED) is 0.827. The normalized spacial score (nSPS) is 11.1. The molecule has 5 heteroatoms. The van der Waals surface area contributed by atoms with E-state index in [0.29, 0.717) is 5.56 Å². The van der Waals surface area contributed by atoms with Gasteiger partial charge < -0.3 is 10.4 Å². The monoisotopic (exact) mass is 264 g/mol. The lowest BCUT2D eigenvalue weighted by Crippen LogP contribution is -2.47. The summed E-state index contributed by atoms with van der Waals surface area (Å²) in [6, 6.07) is 2.82. The number of nitrogens with zero attached hydrogens (tertiary/aromatic N) is 1. The van der Waals surface area contributed by atoms with Crippen LogP contribution in [0.5, 0.6) is 0 Å². The molecular weight excluding hydrogens is 244 g/mol. The van der Waals surface area contributed by atoms with E-state index in [1.807, 2.05) is 20.8 Å². The van der Waals surface area contributed by atoms with Gasteiger partial charge in [-0.2, -0.15) is 0 Å². The maximum Gasteiger partial charge on any atom is 0.354 e. The van der Waals surface area contributed by atoms with Crippen molar-refractivity contribution in [3.63, 3.8) is 0 Å². The molecule has 0 aromatic carbocycles. The molecule has 1 amide bonds. The minimum absolute atomic E-state index is 0.0655. The summed E-state index contributed by atoms with van der Waals surface area (Å²) in [4.78, 5) is 26.6. The number of pyridine rings is 1. The van der Waals surface area contributed by atoms with Crippen molar-refractivity contribution < 1.29 is 14.7 Å². The summed E-state index contributed by atoms with van der Waals surface area (Å²) >= 11 is 0. The summed E-state index contributed by atoms with van der Waals surface area (Å²) in [6.45, 7) is 6.12. The number of rotatable bonds is 6. The maximum absolute atomic E-state index is 12.1. The SMILES string of the molecule is CCC(CC)(CC)NC(=O)c1ccc(C(=O)O)nc1. The van der Waals surface area contributed by atoms with Crippen molar-refractivity contribution in [2.45, 2.75) is 45.6 Å². The van der Waals surface area contributed by atoms with E-state index in [4.69, 9.17) is 5.11 Å². The van der Waals surface area contributed by atoms with Gasteiger partial charge in [-0.05, 0) is 31.4 Å². The lowest BCUT2D eigenvalue weighted by atomic mass is 9.89. The van der Waals surface area contributed by atoms with Gasteiger partial charge in [0.15, 0.2) is 0 Å². The first-order chi connectivity index (χ1) is 8.98. The molecule has 104 valence electrons. The molecule has 1 aromatic rings. The highest BCUT2D eigenvalue weighted by Crippen LogP contribution is 2.19. The summed E-state index contributed by atoms with van der Waals surface area (Å²) in [5.41, 5.74) is 0.108. The third-order valence-corrected chi connectivity index (χ3v) is 3.65. The van der Waals surface area contributed by atoms with Crippen LogP contribution in [0.4, 0.5) is 0 Å². The summed E-state index contributed by atoms with van der Waals surface area (Å²) in [5.74, 6) is -1.31. The van der Waals surface area contributed by atoms with Gasteiger partial charge in [0.05, 0.1) is 5.56 Å². The zero-order chi connectivity index (χ0) is 14.5. The second-order valence-corrected chi connectivity index (χ2v) is 4.53. The predicted molar refractivity (Wildman–Crippen MR) is 72.3 cm³/mol. The number of hydrogen-bond acceptors (Lipinski definition) is 3. The molecular formula is C14H20N2O3. The lowest BCUT2D eigenvalue weighted by molar-refractivity contribution is 0.0689. The van der Waals surface area contributed by atoms with Crippen LogP contribution in [0.3, 0.4) is 0 Å². The molecule has 1 heterocycles. The van der Waals surface area contributed by atoms with E-state index in [-0.39, 0.29) is 17.1 Å². The molecule has 0 saturated heterocycles. The van der Waals surface area contributed by atoms with Gasteiger partial charge in [-0.15, -0.1) is 0 Å². The predicted octanol–water partition coefficient (Wildman–Crippen LogP) is 2.48. The number of carbonyl (C=O) groups is 2. The van der Waals surface area contributed by atoms with E-state index < -0.39 is 5.97 Å². The lowest BCUT2D eigenvalue weighted by Gasteiger charge is -2.31. The topological polar surface area (TPSA) is 79.3 Å². The van der Waals surface area contributed by atoms with E-state index >= 15 is 0 Å². The molecule has 0 aliphatic carbocycles. The fourth-order valence-electron chi connectivity index (χ4n) is 1.98. The molecule has 0 saturated carbocycles. The summed E-state index contributed by atoms with van der Waals surface area (Å²) in [5, 5.41) is 11.8. The van der Waals surface area contributed by atoms with Gasteiger partial charge in [0.25, 0.3) is 5.91 Å². The van der Waals surface area contributed by atoms with Crippen LogP contribution >= 0.6 is 0 Å². The molecule has 0 fully saturated rings. The van der Waals surface area contributed by atoms with Crippen molar-refractivity contribution in [3.05, 3.63) is 29.6 Å². The van der Waals surface area contributed by atoms with Crippen LogP contribution in [-0.2, 0) is 0 Å². The molecule has 0 aliphatic heterocycles. The Hall–Kier alpha value is -1.91. The van der Waals surface area contributed by atoms with Gasteiger partial charge in [0.2, 0.25) is 0 Å². The van der Waals surface area contributed by atoms with Crippen molar-refractivity contribution in [3.8, 4) is 0 Å². The van der Waals surface area contributed by atoms with Gasteiger partial charge in [-0.3, -0.25) is 4.79 Å². The first-order valence-corrected chi connectivity index (χ1v) is 6.50. The third kappa shape index (κ3) is 3.53. The zero-order valence-electron chi connectivity index (χ0n) is 11.6. The molecule has 0 spiro atoms. The third-order valence-electron chi connectivity index (χ3n) is 3.65. The van der Waals surface area contributed by atoms with E-state index in [1.165, 1.54) is 18.3 Å². The highest BCUT2D eigenvalue weighted by atomic mass is 16.4. The average Bonchev–Trinajstić information content (AvgIpc) is 2.45. The second-order valence-electron chi connectivity index (χ2n) is 4.53. The molecule has 0 unspecified atom stereocenters. The Kier molecular flexibility index (Phi) is 5.03. The van der Waals surface area contributed by atoms with Crippen molar-refractivity contribution in [1.82, 2.24) is 10.3 Å². The van der Waals surface area contributed by atoms with E-state index in [0.717, 1.165) is 19.3 Å². The van der Waals surface area contributed by atoms with Crippen LogP contribution in [0.25, 0.3) is 0 Å². The van der Waals surface area contributed by atoms with Crippen molar-refractivity contribution >= 4 is 11.9 Å². The Balaban J connectivity index is 2.86. The Labute approximate surface area is 113 Å². The molecule has 19 heavy (non-hydrogen) atoms. The Morgan fingerprint density at radius 2 is 1.79 bits per heavy atom. The number of aromatic carboxylic acids is 1. The fraction of sp³-hybridized carbons (Fsp3) is 0.500. The minimum atomic E-state index is -1.10. The van der Waals surface area contributed by atoms with E-state index in [2.05, 4.69) is 10.3 Å². The summed E-state index contributed by atoms with van der Waals surface area (Å²) in [6.07, 6.45) is 3.86. The maximum atomic E-state index is 12.1. The van der Waals surface area contributed by atoms with Crippen LogP contribution < -0.4 is 5.32 Å². The number of carbonyl (C=O) groups excluding carboxylic acids is 1. The first-order valence-electron chi connectivity index (χ1n) is 6.50. The van der Waals surface area contributed by atoms with Crippen molar-refractivity contribution in [2.75, 3.05) is 0 Å². The number of hydrogen-bond donors (Lipinski definition) is 2. The van der Waals surface area contributed by atoms with Crippen LogP contribution in [0.2, 0.25) is 0 Å². The van der Waals surface area contributed by atoms with Crippen LogP contribution in [0.1, 0.15) is 60.9 Å². The van der Waals surface area contributed by atoms with E-state index in [9.17, 15) is 9.59 Å². The largest absolute Gasteiger partial charge is 0.477 e. The van der Waals surface area contributed by atoms with Gasteiger partial charge in [-0.25, -0.2) is 9.78 Å². The molecule has 2 N–H and O–H groups in total. The van der Waals surface area contributed by atoms with Gasteiger partial charge in [-0.1, -0.05) is 20.8 Å². The molecule has 0 radical (unpaired) electrons. The van der Waals surface area contributed by atoms with Gasteiger partial charge in [0.1, 0.15) is 5.69 Å². The number of aromatic nitrogens is 1. The van der Waals surface area contributed by atoms with Crippen LogP contribution in [0.15, 0.2) is 18.3 Å². The highest BCUT2D eigenvalue weighted by Gasteiger charge is 2.26. The summed E-state index contributed by atoms with van der Waals surface area (Å²) < 4.78 is 0. The smallest absolute Gasteiger partial charge is 0.354 e. The number of carboxylic acid groups (broad SMARTS) is 1. The highest BCUT2D eigenvalue weighted by molar-refractivity contribution is 5.95. The summed E-state index contributed by atoms with van der Waals surface area (Å²) in [7, 11) is 0. The Morgan fingerprint density at radius 1 is 1.21 bits per heavy atom. The van der Waals surface area contributed by atoms with Crippen LogP contribution in [0, 0.1) is 0 Å². The van der Waals surface area contributed by atoms with Crippen molar-refractivity contribution in [2.24, 2.45) is 0 Å². The Morgan fingerprint density at radius 3 is 2.16 bits per heavy atom. The molecule has 0 bridgehead atoms. The number of nitrogens with one attached hydrogen (secondary N) is 1. The molecule has 1 rings (SSSR count). The second kappa shape index (κ2) is 6.31. The van der Waals surface area contributed by atoms with Crippen LogP contribution in [-0.4, -0.2) is 27.5 Å².